The van der Waals surface area contributed by atoms with Gasteiger partial charge in [-0.15, -0.1) is 0 Å². The van der Waals surface area contributed by atoms with Crippen molar-refractivity contribution in [3.63, 3.8) is 0 Å². The second-order valence-electron chi connectivity index (χ2n) is 10.7. The molecule has 1 fully saturated rings. The van der Waals surface area contributed by atoms with Crippen LogP contribution in [0.2, 0.25) is 10.0 Å². The first kappa shape index (κ1) is 32.0. The molecule has 9 nitrogen and oxygen atoms in total. The normalized spacial score (nSPS) is 14.4. The van der Waals surface area contributed by atoms with E-state index in [0.717, 1.165) is 10.6 Å². The van der Waals surface area contributed by atoms with Crippen molar-refractivity contribution in [2.75, 3.05) is 20.2 Å². The van der Waals surface area contributed by atoms with E-state index in [4.69, 9.17) is 37.5 Å². The largest absolute Gasteiger partial charge is 0.465 e. The molecule has 0 atom stereocenters. The lowest BCUT2D eigenvalue weighted by atomic mass is 10.0. The molecule has 1 saturated heterocycles. The zero-order valence-electron chi connectivity index (χ0n) is 23.8. The number of carbonyl (C=O) groups excluding carboxylic acids is 2. The summed E-state index contributed by atoms with van der Waals surface area (Å²) in [6.07, 6.45) is 1.35. The monoisotopic (exact) mass is 635 g/mol. The predicted octanol–water partition coefficient (Wildman–Crippen LogP) is 6.38. The van der Waals surface area contributed by atoms with Crippen molar-refractivity contribution in [3.8, 4) is 5.69 Å². The molecule has 0 N–H and O–H groups in total. The Morgan fingerprint density at radius 1 is 0.977 bits per heavy atom. The molecule has 1 amide bonds. The van der Waals surface area contributed by atoms with E-state index in [2.05, 4.69) is 5.16 Å². The van der Waals surface area contributed by atoms with Crippen molar-refractivity contribution < 1.29 is 32.7 Å². The molecule has 4 rings (SSSR count). The minimum Gasteiger partial charge on any atom is -0.465 e. The number of carbonyl (C=O) groups is 2. The highest BCUT2D eigenvalue weighted by atomic mass is 35.5. The lowest BCUT2D eigenvalue weighted by Crippen LogP contribution is -2.43. The molecule has 1 aliphatic rings. The Hall–Kier alpha value is -3.96. The zero-order chi connectivity index (χ0) is 31.5. The van der Waals surface area contributed by atoms with Gasteiger partial charge in [0.1, 0.15) is 29.1 Å². The van der Waals surface area contributed by atoms with Gasteiger partial charge >= 0.3 is 12.1 Å². The number of amides is 1. The quantitative estimate of drug-likeness (QED) is 0.177. The maximum absolute atomic E-state index is 15.0. The van der Waals surface area contributed by atoms with Gasteiger partial charge in [-0.25, -0.2) is 18.4 Å². The molecule has 0 aliphatic carbocycles. The van der Waals surface area contributed by atoms with Crippen LogP contribution < -0.4 is 5.56 Å². The van der Waals surface area contributed by atoms with Crippen LogP contribution >= 0.6 is 23.2 Å². The number of ether oxygens (including phenoxy) is 2. The average molecular weight is 636 g/mol. The van der Waals surface area contributed by atoms with E-state index in [9.17, 15) is 18.8 Å². The van der Waals surface area contributed by atoms with Gasteiger partial charge in [-0.1, -0.05) is 28.4 Å². The van der Waals surface area contributed by atoms with Crippen molar-refractivity contribution in [1.29, 1.82) is 0 Å². The Labute approximate surface area is 256 Å². The number of likely N-dealkylation sites (tertiary alicyclic amines) is 1. The van der Waals surface area contributed by atoms with Gasteiger partial charge < -0.3 is 19.2 Å². The van der Waals surface area contributed by atoms with Crippen LogP contribution in [0.25, 0.3) is 5.69 Å². The third kappa shape index (κ3) is 7.71. The van der Waals surface area contributed by atoms with Crippen LogP contribution in [0.1, 0.15) is 55.1 Å². The summed E-state index contributed by atoms with van der Waals surface area (Å²) in [5.41, 5.74) is -0.912. The van der Waals surface area contributed by atoms with Crippen LogP contribution in [0.4, 0.5) is 13.6 Å². The van der Waals surface area contributed by atoms with Crippen molar-refractivity contribution in [1.82, 2.24) is 9.47 Å². The third-order valence-corrected chi connectivity index (χ3v) is 7.01. The van der Waals surface area contributed by atoms with Gasteiger partial charge in [0.05, 0.1) is 28.4 Å². The highest BCUT2D eigenvalue weighted by Gasteiger charge is 2.28. The molecule has 3 aromatic rings. The first-order valence-electron chi connectivity index (χ1n) is 13.3. The number of benzene rings is 2. The van der Waals surface area contributed by atoms with Gasteiger partial charge in [0.25, 0.3) is 5.56 Å². The fourth-order valence-electron chi connectivity index (χ4n) is 4.37. The molecule has 1 aliphatic heterocycles. The summed E-state index contributed by atoms with van der Waals surface area (Å²) in [7, 11) is 1.20. The van der Waals surface area contributed by atoms with Crippen molar-refractivity contribution in [2.45, 2.75) is 45.3 Å². The third-order valence-electron chi connectivity index (χ3n) is 6.44. The summed E-state index contributed by atoms with van der Waals surface area (Å²) >= 11 is 12.8. The first-order chi connectivity index (χ1) is 20.3. The second-order valence-corrected chi connectivity index (χ2v) is 11.6. The lowest BCUT2D eigenvalue weighted by Gasteiger charge is -2.32. The second kappa shape index (κ2) is 13.1. The zero-order valence-corrected chi connectivity index (χ0v) is 25.3. The van der Waals surface area contributed by atoms with E-state index in [1.165, 1.54) is 43.6 Å². The number of pyridine rings is 1. The molecular formula is C30H29Cl2F2N3O6. The molecule has 2 heterocycles. The molecule has 0 unspecified atom stereocenters. The number of aromatic nitrogens is 1. The summed E-state index contributed by atoms with van der Waals surface area (Å²) in [6.45, 7) is 6.08. The van der Waals surface area contributed by atoms with Gasteiger partial charge in [-0.3, -0.25) is 9.36 Å². The smallest absolute Gasteiger partial charge is 0.410 e. The maximum Gasteiger partial charge on any atom is 0.410 e. The van der Waals surface area contributed by atoms with Crippen molar-refractivity contribution in [2.24, 2.45) is 5.16 Å². The van der Waals surface area contributed by atoms with Crippen LogP contribution in [0.15, 0.2) is 58.6 Å². The highest BCUT2D eigenvalue weighted by Crippen LogP contribution is 2.30. The number of piperidine rings is 1. The van der Waals surface area contributed by atoms with Gasteiger partial charge in [0, 0.05) is 55.4 Å². The summed E-state index contributed by atoms with van der Waals surface area (Å²) < 4.78 is 40.1. The molecule has 0 saturated carbocycles. The Balaban J connectivity index is 1.68. The Morgan fingerprint density at radius 2 is 1.63 bits per heavy atom. The Kier molecular flexibility index (Phi) is 9.76. The van der Waals surface area contributed by atoms with Crippen LogP contribution in [-0.2, 0) is 14.3 Å². The van der Waals surface area contributed by atoms with Crippen LogP contribution in [-0.4, -0.2) is 59.1 Å². The van der Waals surface area contributed by atoms with Gasteiger partial charge in [0.15, 0.2) is 0 Å². The maximum atomic E-state index is 15.0. The van der Waals surface area contributed by atoms with Gasteiger partial charge in [-0.2, -0.15) is 0 Å². The molecule has 1 aromatic heterocycles. The molecular weight excluding hydrogens is 607 g/mol. The van der Waals surface area contributed by atoms with Crippen LogP contribution in [0.5, 0.6) is 0 Å². The summed E-state index contributed by atoms with van der Waals surface area (Å²) in [5, 5.41) is 4.20. The topological polar surface area (TPSA) is 99.4 Å². The Morgan fingerprint density at radius 3 is 2.21 bits per heavy atom. The molecule has 2 aromatic carbocycles. The SMILES string of the molecule is COC(=O)c1cc(Cl)c(-n2cc(C(=NOC3CCN(C(=O)OC(C)(C)C)CC3)c3ccc(F)cc3F)ccc2=O)c(Cl)c1. The molecule has 0 radical (unpaired) electrons. The van der Waals surface area contributed by atoms with Gasteiger partial charge in [-0.05, 0) is 51.1 Å². The van der Waals surface area contributed by atoms with E-state index < -0.39 is 41.0 Å². The minimum atomic E-state index is -0.904. The number of methoxy groups -OCH3 is 1. The number of oxime groups is 1. The van der Waals surface area contributed by atoms with Crippen molar-refractivity contribution >= 4 is 41.0 Å². The lowest BCUT2D eigenvalue weighted by molar-refractivity contribution is -0.00979. The molecule has 0 spiro atoms. The first-order valence-corrected chi connectivity index (χ1v) is 14.0. The highest BCUT2D eigenvalue weighted by molar-refractivity contribution is 6.38. The van der Waals surface area contributed by atoms with E-state index in [1.807, 2.05) is 0 Å². The minimum absolute atomic E-state index is 0.0217. The molecule has 0 bridgehead atoms. The van der Waals surface area contributed by atoms with E-state index >= 15 is 4.39 Å². The molecule has 43 heavy (non-hydrogen) atoms. The summed E-state index contributed by atoms with van der Waals surface area (Å²) in [5.74, 6) is -2.37. The average Bonchev–Trinajstić information content (AvgIpc) is 2.94. The number of halogens is 4. The Bertz CT molecular complexity index is 1610. The fraction of sp³-hybridized carbons (Fsp3) is 0.333. The van der Waals surface area contributed by atoms with Gasteiger partial charge in [0.2, 0.25) is 0 Å². The van der Waals surface area contributed by atoms with Crippen molar-refractivity contribution in [3.05, 3.63) is 97.4 Å². The number of rotatable bonds is 6. The van der Waals surface area contributed by atoms with E-state index in [0.29, 0.717) is 32.0 Å². The predicted molar refractivity (Wildman–Crippen MR) is 157 cm³/mol. The van der Waals surface area contributed by atoms with E-state index in [1.54, 1.807) is 25.7 Å². The number of hydrogen-bond acceptors (Lipinski definition) is 7. The number of nitrogens with zero attached hydrogens (tertiary/aromatic N) is 3. The summed E-state index contributed by atoms with van der Waals surface area (Å²) in [6, 6.07) is 8.19. The standard InChI is InChI=1S/C30H29Cl2F2N3O6/c1-30(2,3)42-29(40)36-11-9-20(10-12-36)43-35-26(21-7-6-19(33)15-24(21)34)17-5-8-25(38)37(16-17)27-22(31)13-18(14-23(27)32)28(39)41-4/h5-8,13-16,20H,9-12H2,1-4H3. The molecule has 13 heteroatoms. The fourth-order valence-corrected chi connectivity index (χ4v) is 5.04. The van der Waals surface area contributed by atoms with Crippen LogP contribution in [0, 0.1) is 11.6 Å². The molecule has 228 valence electrons. The van der Waals surface area contributed by atoms with E-state index in [-0.39, 0.29) is 38.1 Å². The summed E-state index contributed by atoms with van der Waals surface area (Å²) in [4.78, 5) is 44.7. The number of hydrogen-bond donors (Lipinski definition) is 0. The van der Waals surface area contributed by atoms with Crippen LogP contribution in [0.3, 0.4) is 0 Å². The number of esters is 1.